The Hall–Kier alpha value is -3.09. The number of rotatable bonds is 7. The lowest BCUT2D eigenvalue weighted by molar-refractivity contribution is 0.171. The number of nitrogens with one attached hydrogen (secondary N) is 2. The Kier molecular flexibility index (Phi) is 6.92. The van der Waals surface area contributed by atoms with E-state index in [4.69, 9.17) is 18.9 Å². The zero-order chi connectivity index (χ0) is 21.7. The van der Waals surface area contributed by atoms with E-state index in [1.54, 1.807) is 14.2 Å². The van der Waals surface area contributed by atoms with E-state index < -0.39 is 0 Å². The standard InChI is InChI=1S/C23H30N2O5/c1-14(2)22(16-6-8-20-21(12-16)30-11-10-29-20)25-23(26)24-15(3)18-13-17(27-4)7-9-19(18)28-5/h6-9,12-15,22H,10-11H2,1-5H3,(H2,24,25,26). The summed E-state index contributed by atoms with van der Waals surface area (Å²) >= 11 is 0. The lowest BCUT2D eigenvalue weighted by atomic mass is 9.95. The van der Waals surface area contributed by atoms with E-state index in [0.29, 0.717) is 30.5 Å². The molecule has 1 aliphatic rings. The highest BCUT2D eigenvalue weighted by molar-refractivity contribution is 5.75. The van der Waals surface area contributed by atoms with Crippen molar-refractivity contribution in [2.45, 2.75) is 32.9 Å². The Labute approximate surface area is 177 Å². The average molecular weight is 415 g/mol. The highest BCUT2D eigenvalue weighted by atomic mass is 16.6. The molecule has 0 bridgehead atoms. The molecule has 7 heteroatoms. The van der Waals surface area contributed by atoms with Gasteiger partial charge in [-0.25, -0.2) is 4.79 Å². The van der Waals surface area contributed by atoms with Crippen molar-refractivity contribution in [3.8, 4) is 23.0 Å². The third kappa shape index (κ3) is 4.90. The number of methoxy groups -OCH3 is 2. The summed E-state index contributed by atoms with van der Waals surface area (Å²) in [5, 5.41) is 6.09. The van der Waals surface area contributed by atoms with Crippen LogP contribution in [-0.4, -0.2) is 33.5 Å². The molecule has 2 amide bonds. The smallest absolute Gasteiger partial charge is 0.315 e. The number of carbonyl (C=O) groups is 1. The molecule has 0 saturated carbocycles. The first-order valence-corrected chi connectivity index (χ1v) is 10.1. The summed E-state index contributed by atoms with van der Waals surface area (Å²) in [6.45, 7) is 7.11. The summed E-state index contributed by atoms with van der Waals surface area (Å²) < 4.78 is 22.0. The molecule has 7 nitrogen and oxygen atoms in total. The quantitative estimate of drug-likeness (QED) is 0.709. The van der Waals surface area contributed by atoms with Crippen LogP contribution in [0.5, 0.6) is 23.0 Å². The Morgan fingerprint density at radius 2 is 1.67 bits per heavy atom. The van der Waals surface area contributed by atoms with Crippen molar-refractivity contribution < 1.29 is 23.7 Å². The highest BCUT2D eigenvalue weighted by Crippen LogP contribution is 2.34. The van der Waals surface area contributed by atoms with Crippen LogP contribution in [0, 0.1) is 5.92 Å². The zero-order valence-electron chi connectivity index (χ0n) is 18.2. The molecule has 2 N–H and O–H groups in total. The number of ether oxygens (including phenoxy) is 4. The maximum atomic E-state index is 12.8. The molecule has 0 fully saturated rings. The Balaban J connectivity index is 1.73. The van der Waals surface area contributed by atoms with E-state index in [9.17, 15) is 4.79 Å². The molecule has 3 rings (SSSR count). The van der Waals surface area contributed by atoms with Crippen LogP contribution < -0.4 is 29.6 Å². The predicted octanol–water partition coefficient (Wildman–Crippen LogP) is 4.23. The average Bonchev–Trinajstić information content (AvgIpc) is 2.76. The second-order valence-corrected chi connectivity index (χ2v) is 7.57. The van der Waals surface area contributed by atoms with Crippen LogP contribution >= 0.6 is 0 Å². The van der Waals surface area contributed by atoms with Crippen molar-refractivity contribution in [2.75, 3.05) is 27.4 Å². The maximum absolute atomic E-state index is 12.8. The van der Waals surface area contributed by atoms with Crippen molar-refractivity contribution >= 4 is 6.03 Å². The second kappa shape index (κ2) is 9.61. The van der Waals surface area contributed by atoms with Gasteiger partial charge in [0.2, 0.25) is 0 Å². The first kappa shape index (κ1) is 21.6. The van der Waals surface area contributed by atoms with Crippen LogP contribution in [0.15, 0.2) is 36.4 Å². The lowest BCUT2D eigenvalue weighted by Gasteiger charge is -2.26. The summed E-state index contributed by atoms with van der Waals surface area (Å²) in [5.41, 5.74) is 1.81. The predicted molar refractivity (Wildman–Crippen MR) is 115 cm³/mol. The number of hydrogen-bond acceptors (Lipinski definition) is 5. The highest BCUT2D eigenvalue weighted by Gasteiger charge is 2.23. The number of fused-ring (bicyclic) bond motifs is 1. The third-order valence-corrected chi connectivity index (χ3v) is 5.13. The SMILES string of the molecule is COc1ccc(OC)c(C(C)NC(=O)NC(c2ccc3c(c2)OCCO3)C(C)C)c1. The van der Waals surface area contributed by atoms with Crippen molar-refractivity contribution in [1.82, 2.24) is 10.6 Å². The van der Waals surface area contributed by atoms with Crippen LogP contribution in [0.25, 0.3) is 0 Å². The molecule has 1 aliphatic heterocycles. The number of amides is 2. The molecule has 1 heterocycles. The largest absolute Gasteiger partial charge is 0.497 e. The van der Waals surface area contributed by atoms with Crippen LogP contribution in [-0.2, 0) is 0 Å². The molecule has 2 aromatic rings. The molecular formula is C23H30N2O5. The van der Waals surface area contributed by atoms with E-state index in [1.165, 1.54) is 0 Å². The first-order chi connectivity index (χ1) is 14.4. The van der Waals surface area contributed by atoms with Crippen molar-refractivity contribution in [3.05, 3.63) is 47.5 Å². The summed E-state index contributed by atoms with van der Waals surface area (Å²) in [6, 6.07) is 10.6. The van der Waals surface area contributed by atoms with Gasteiger partial charge in [0.25, 0.3) is 0 Å². The molecule has 0 spiro atoms. The van der Waals surface area contributed by atoms with Crippen LogP contribution in [0.2, 0.25) is 0 Å². The molecule has 0 saturated heterocycles. The summed E-state index contributed by atoms with van der Waals surface area (Å²) in [5.74, 6) is 3.02. The van der Waals surface area contributed by atoms with Crippen LogP contribution in [0.4, 0.5) is 4.79 Å². The van der Waals surface area contributed by atoms with Gasteiger partial charge >= 0.3 is 6.03 Å². The number of urea groups is 1. The van der Waals surface area contributed by atoms with Gasteiger partial charge in [-0.2, -0.15) is 0 Å². The Bertz CT molecular complexity index is 884. The minimum absolute atomic E-state index is 0.180. The van der Waals surface area contributed by atoms with Gasteiger partial charge < -0.3 is 29.6 Å². The van der Waals surface area contributed by atoms with E-state index in [2.05, 4.69) is 24.5 Å². The Morgan fingerprint density at radius 3 is 2.33 bits per heavy atom. The minimum Gasteiger partial charge on any atom is -0.497 e. The van der Waals surface area contributed by atoms with Gasteiger partial charge in [0.1, 0.15) is 24.7 Å². The normalized spacial score (nSPS) is 14.6. The molecule has 2 atom stereocenters. The zero-order valence-corrected chi connectivity index (χ0v) is 18.2. The summed E-state index contributed by atoms with van der Waals surface area (Å²) in [6.07, 6.45) is 0. The molecule has 2 unspecified atom stereocenters. The fourth-order valence-corrected chi connectivity index (χ4v) is 3.52. The van der Waals surface area contributed by atoms with Gasteiger partial charge in [0, 0.05) is 5.56 Å². The fraction of sp³-hybridized carbons (Fsp3) is 0.435. The monoisotopic (exact) mass is 414 g/mol. The minimum atomic E-state index is -0.275. The van der Waals surface area contributed by atoms with E-state index in [1.807, 2.05) is 43.3 Å². The molecule has 0 aromatic heterocycles. The summed E-state index contributed by atoms with van der Waals surface area (Å²) in [7, 11) is 3.21. The van der Waals surface area contributed by atoms with E-state index >= 15 is 0 Å². The molecule has 0 aliphatic carbocycles. The fourth-order valence-electron chi connectivity index (χ4n) is 3.52. The molecule has 2 aromatic carbocycles. The topological polar surface area (TPSA) is 78.1 Å². The number of hydrogen-bond donors (Lipinski definition) is 2. The number of benzene rings is 2. The number of carbonyl (C=O) groups excluding carboxylic acids is 1. The lowest BCUT2D eigenvalue weighted by Crippen LogP contribution is -2.40. The second-order valence-electron chi connectivity index (χ2n) is 7.57. The molecular weight excluding hydrogens is 384 g/mol. The third-order valence-electron chi connectivity index (χ3n) is 5.13. The van der Waals surface area contributed by atoms with Gasteiger partial charge in [-0.05, 0) is 48.7 Å². The van der Waals surface area contributed by atoms with Crippen LogP contribution in [0.3, 0.4) is 0 Å². The van der Waals surface area contributed by atoms with Gasteiger partial charge in [-0.3, -0.25) is 0 Å². The Morgan fingerprint density at radius 1 is 0.933 bits per heavy atom. The molecule has 162 valence electrons. The van der Waals surface area contributed by atoms with Crippen molar-refractivity contribution in [2.24, 2.45) is 5.92 Å². The maximum Gasteiger partial charge on any atom is 0.315 e. The van der Waals surface area contributed by atoms with Gasteiger partial charge in [0.15, 0.2) is 11.5 Å². The first-order valence-electron chi connectivity index (χ1n) is 10.1. The van der Waals surface area contributed by atoms with Crippen LogP contribution in [0.1, 0.15) is 44.0 Å². The molecule has 30 heavy (non-hydrogen) atoms. The van der Waals surface area contributed by atoms with Gasteiger partial charge in [0.05, 0.1) is 26.3 Å². The van der Waals surface area contributed by atoms with Crippen molar-refractivity contribution in [1.29, 1.82) is 0 Å². The van der Waals surface area contributed by atoms with E-state index in [-0.39, 0.29) is 24.0 Å². The van der Waals surface area contributed by atoms with Gasteiger partial charge in [-0.15, -0.1) is 0 Å². The van der Waals surface area contributed by atoms with E-state index in [0.717, 1.165) is 16.9 Å². The summed E-state index contributed by atoms with van der Waals surface area (Å²) in [4.78, 5) is 12.8. The van der Waals surface area contributed by atoms with Crippen molar-refractivity contribution in [3.63, 3.8) is 0 Å². The molecule has 0 radical (unpaired) electrons. The van der Waals surface area contributed by atoms with Gasteiger partial charge in [-0.1, -0.05) is 19.9 Å².